The van der Waals surface area contributed by atoms with Crippen LogP contribution in [0.15, 0.2) is 30.3 Å². The Morgan fingerprint density at radius 3 is 2.50 bits per heavy atom. The molecular formula is C13H19NO2. The van der Waals surface area contributed by atoms with E-state index in [2.05, 4.69) is 19.1 Å². The van der Waals surface area contributed by atoms with Gasteiger partial charge in [-0.15, -0.1) is 0 Å². The molecule has 0 aliphatic heterocycles. The van der Waals surface area contributed by atoms with Gasteiger partial charge in [-0.2, -0.15) is 0 Å². The van der Waals surface area contributed by atoms with Gasteiger partial charge in [0.1, 0.15) is 0 Å². The fourth-order valence-corrected chi connectivity index (χ4v) is 1.93. The normalized spacial score (nSPS) is 14.4. The van der Waals surface area contributed by atoms with E-state index in [0.29, 0.717) is 12.5 Å². The van der Waals surface area contributed by atoms with Crippen molar-refractivity contribution in [3.8, 4) is 0 Å². The monoisotopic (exact) mass is 221 g/mol. The fourth-order valence-electron chi connectivity index (χ4n) is 1.93. The molecule has 0 heterocycles. The second kappa shape index (κ2) is 6.28. The van der Waals surface area contributed by atoms with Crippen LogP contribution in [0.5, 0.6) is 0 Å². The maximum absolute atomic E-state index is 10.6. The lowest BCUT2D eigenvalue weighted by Crippen LogP contribution is -2.19. The molecule has 0 saturated heterocycles. The van der Waals surface area contributed by atoms with Crippen molar-refractivity contribution >= 4 is 5.97 Å². The van der Waals surface area contributed by atoms with Crippen LogP contribution in [-0.2, 0) is 4.79 Å². The van der Waals surface area contributed by atoms with Crippen LogP contribution in [0.1, 0.15) is 31.2 Å². The molecule has 0 amide bonds. The van der Waals surface area contributed by atoms with Crippen molar-refractivity contribution in [3.63, 3.8) is 0 Å². The number of nitrogens with two attached hydrogens (primary N) is 1. The van der Waals surface area contributed by atoms with Gasteiger partial charge in [0.2, 0.25) is 0 Å². The predicted molar refractivity (Wildman–Crippen MR) is 64.3 cm³/mol. The molecule has 1 rings (SSSR count). The lowest BCUT2D eigenvalue weighted by atomic mass is 9.88. The van der Waals surface area contributed by atoms with Crippen molar-refractivity contribution in [2.75, 3.05) is 6.54 Å². The molecule has 0 aromatic heterocycles. The SMILES string of the molecule is CC(CC(CN)CC(=O)O)c1ccccc1. The minimum absolute atomic E-state index is 0.0627. The van der Waals surface area contributed by atoms with Crippen molar-refractivity contribution in [2.45, 2.75) is 25.7 Å². The van der Waals surface area contributed by atoms with Gasteiger partial charge in [0.15, 0.2) is 0 Å². The lowest BCUT2D eigenvalue weighted by molar-refractivity contribution is -0.138. The van der Waals surface area contributed by atoms with Crippen molar-refractivity contribution in [3.05, 3.63) is 35.9 Å². The molecule has 0 bridgehead atoms. The topological polar surface area (TPSA) is 63.3 Å². The van der Waals surface area contributed by atoms with Gasteiger partial charge in [0.25, 0.3) is 0 Å². The Kier molecular flexibility index (Phi) is 4.99. The number of aliphatic carboxylic acids is 1. The zero-order valence-corrected chi connectivity index (χ0v) is 9.60. The van der Waals surface area contributed by atoms with Crippen molar-refractivity contribution in [1.82, 2.24) is 0 Å². The first-order valence-corrected chi connectivity index (χ1v) is 5.60. The Hall–Kier alpha value is -1.35. The van der Waals surface area contributed by atoms with E-state index in [0.717, 1.165) is 6.42 Å². The highest BCUT2D eigenvalue weighted by atomic mass is 16.4. The van der Waals surface area contributed by atoms with E-state index in [-0.39, 0.29) is 12.3 Å². The van der Waals surface area contributed by atoms with E-state index in [1.807, 2.05) is 18.2 Å². The molecule has 0 spiro atoms. The van der Waals surface area contributed by atoms with Gasteiger partial charge < -0.3 is 10.8 Å². The van der Waals surface area contributed by atoms with E-state index in [1.165, 1.54) is 5.56 Å². The molecule has 88 valence electrons. The molecule has 1 aromatic carbocycles. The van der Waals surface area contributed by atoms with Gasteiger partial charge in [0.05, 0.1) is 0 Å². The molecule has 16 heavy (non-hydrogen) atoms. The number of benzene rings is 1. The average molecular weight is 221 g/mol. The van der Waals surface area contributed by atoms with Crippen molar-refractivity contribution in [1.29, 1.82) is 0 Å². The molecule has 0 radical (unpaired) electrons. The van der Waals surface area contributed by atoms with E-state index < -0.39 is 5.97 Å². The molecule has 0 saturated carbocycles. The molecule has 0 aliphatic rings. The Balaban J connectivity index is 2.55. The molecule has 0 aliphatic carbocycles. The van der Waals surface area contributed by atoms with Crippen LogP contribution in [-0.4, -0.2) is 17.6 Å². The summed E-state index contributed by atoms with van der Waals surface area (Å²) >= 11 is 0. The summed E-state index contributed by atoms with van der Waals surface area (Å²) in [6.45, 7) is 2.54. The maximum Gasteiger partial charge on any atom is 0.303 e. The fraction of sp³-hybridized carbons (Fsp3) is 0.462. The third-order valence-electron chi connectivity index (χ3n) is 2.85. The van der Waals surface area contributed by atoms with E-state index >= 15 is 0 Å². The summed E-state index contributed by atoms with van der Waals surface area (Å²) in [6.07, 6.45) is 0.987. The molecule has 3 heteroatoms. The van der Waals surface area contributed by atoms with Gasteiger partial charge in [-0.05, 0) is 30.4 Å². The molecule has 3 nitrogen and oxygen atoms in total. The Morgan fingerprint density at radius 1 is 1.38 bits per heavy atom. The first-order valence-electron chi connectivity index (χ1n) is 5.60. The van der Waals surface area contributed by atoms with E-state index in [9.17, 15) is 4.79 Å². The van der Waals surface area contributed by atoms with Crippen LogP contribution < -0.4 is 5.73 Å². The van der Waals surface area contributed by atoms with Crippen LogP contribution in [0.3, 0.4) is 0 Å². The molecular weight excluding hydrogens is 202 g/mol. The van der Waals surface area contributed by atoms with Gasteiger partial charge in [0, 0.05) is 6.42 Å². The summed E-state index contributed by atoms with van der Waals surface area (Å²) in [7, 11) is 0. The number of rotatable bonds is 6. The largest absolute Gasteiger partial charge is 0.481 e. The second-order valence-corrected chi connectivity index (χ2v) is 4.25. The number of hydrogen-bond donors (Lipinski definition) is 2. The summed E-state index contributed by atoms with van der Waals surface area (Å²) < 4.78 is 0. The third kappa shape index (κ3) is 4.03. The first-order chi connectivity index (χ1) is 7.63. The summed E-state index contributed by atoms with van der Waals surface area (Å²) in [5.74, 6) is -0.350. The molecule has 2 atom stereocenters. The zero-order chi connectivity index (χ0) is 12.0. The highest BCUT2D eigenvalue weighted by molar-refractivity contribution is 5.67. The Labute approximate surface area is 96.3 Å². The predicted octanol–water partition coefficient (Wildman–Crippen LogP) is 2.23. The summed E-state index contributed by atoms with van der Waals surface area (Å²) in [4.78, 5) is 10.6. The van der Waals surface area contributed by atoms with Crippen LogP contribution in [0.25, 0.3) is 0 Å². The summed E-state index contributed by atoms with van der Waals surface area (Å²) in [6, 6.07) is 10.1. The van der Waals surface area contributed by atoms with Crippen LogP contribution in [0, 0.1) is 5.92 Å². The molecule has 3 N–H and O–H groups in total. The molecule has 0 fully saturated rings. The van der Waals surface area contributed by atoms with Gasteiger partial charge in [-0.25, -0.2) is 0 Å². The number of carbonyl (C=O) groups is 1. The quantitative estimate of drug-likeness (QED) is 0.774. The third-order valence-corrected chi connectivity index (χ3v) is 2.85. The van der Waals surface area contributed by atoms with Crippen LogP contribution in [0.4, 0.5) is 0 Å². The smallest absolute Gasteiger partial charge is 0.303 e. The molecule has 2 unspecified atom stereocenters. The minimum atomic E-state index is -0.768. The highest BCUT2D eigenvalue weighted by Gasteiger charge is 2.16. The van der Waals surface area contributed by atoms with Gasteiger partial charge in [-0.1, -0.05) is 37.3 Å². The Morgan fingerprint density at radius 2 is 2.00 bits per heavy atom. The standard InChI is InChI=1S/C13H19NO2/c1-10(12-5-3-2-4-6-12)7-11(9-14)8-13(15)16/h2-6,10-11H,7-9,14H2,1H3,(H,15,16). The van der Waals surface area contributed by atoms with Gasteiger partial charge >= 0.3 is 5.97 Å². The second-order valence-electron chi connectivity index (χ2n) is 4.25. The van der Waals surface area contributed by atoms with Crippen LogP contribution in [0.2, 0.25) is 0 Å². The summed E-state index contributed by atoms with van der Waals surface area (Å²) in [5.41, 5.74) is 6.83. The number of carboxylic acids is 1. The van der Waals surface area contributed by atoms with E-state index in [4.69, 9.17) is 10.8 Å². The maximum atomic E-state index is 10.6. The van der Waals surface area contributed by atoms with Crippen molar-refractivity contribution < 1.29 is 9.90 Å². The lowest BCUT2D eigenvalue weighted by Gasteiger charge is -2.18. The van der Waals surface area contributed by atoms with Crippen LogP contribution >= 0.6 is 0 Å². The first kappa shape index (κ1) is 12.7. The van der Waals surface area contributed by atoms with E-state index in [1.54, 1.807) is 0 Å². The zero-order valence-electron chi connectivity index (χ0n) is 9.60. The Bertz CT molecular complexity index is 324. The number of hydrogen-bond acceptors (Lipinski definition) is 2. The summed E-state index contributed by atoms with van der Waals surface area (Å²) in [5, 5.41) is 8.74. The molecule has 1 aromatic rings. The average Bonchev–Trinajstić information content (AvgIpc) is 2.28. The minimum Gasteiger partial charge on any atom is -0.481 e. The number of carboxylic acid groups (broad SMARTS) is 1. The van der Waals surface area contributed by atoms with Crippen molar-refractivity contribution in [2.24, 2.45) is 11.7 Å². The van der Waals surface area contributed by atoms with Gasteiger partial charge in [-0.3, -0.25) is 4.79 Å². The highest BCUT2D eigenvalue weighted by Crippen LogP contribution is 2.24.